The number of benzene rings is 2. The Morgan fingerprint density at radius 1 is 1.11 bits per heavy atom. The van der Waals surface area contributed by atoms with E-state index in [9.17, 15) is 8.78 Å². The number of rotatable bonds is 3. The van der Waals surface area contributed by atoms with Gasteiger partial charge in [0, 0.05) is 16.2 Å². The van der Waals surface area contributed by atoms with Crippen LogP contribution in [0.15, 0.2) is 40.9 Å². The number of hydrogen-bond donors (Lipinski definition) is 1. The van der Waals surface area contributed by atoms with Gasteiger partial charge in [0.2, 0.25) is 0 Å². The second kappa shape index (κ2) is 5.70. The Labute approximate surface area is 119 Å². The second-order valence-electron chi connectivity index (χ2n) is 4.45. The van der Waals surface area contributed by atoms with Crippen molar-refractivity contribution < 1.29 is 8.78 Å². The monoisotopic (exact) mass is 325 g/mol. The van der Waals surface area contributed by atoms with Gasteiger partial charge in [-0.15, -0.1) is 0 Å². The standard InChI is InChI=1S/C15H14BrF2N/c1-9-12(16)4-3-5-15(9)19-10(2)11-6-7-13(17)14(18)8-11/h3-8,10,19H,1-2H3. The zero-order chi connectivity index (χ0) is 14.0. The highest BCUT2D eigenvalue weighted by molar-refractivity contribution is 9.10. The summed E-state index contributed by atoms with van der Waals surface area (Å²) in [5.74, 6) is -1.65. The summed E-state index contributed by atoms with van der Waals surface area (Å²) in [4.78, 5) is 0. The molecule has 0 spiro atoms. The normalized spacial score (nSPS) is 12.3. The van der Waals surface area contributed by atoms with Gasteiger partial charge in [-0.05, 0) is 49.2 Å². The molecule has 2 rings (SSSR count). The average molecular weight is 326 g/mol. The molecular formula is C15H14BrF2N. The molecule has 2 aromatic carbocycles. The third kappa shape index (κ3) is 3.13. The molecule has 0 aromatic heterocycles. The average Bonchev–Trinajstić information content (AvgIpc) is 2.38. The highest BCUT2D eigenvalue weighted by atomic mass is 79.9. The molecule has 1 unspecified atom stereocenters. The van der Waals surface area contributed by atoms with Crippen LogP contribution in [0.5, 0.6) is 0 Å². The van der Waals surface area contributed by atoms with Crippen LogP contribution >= 0.6 is 15.9 Å². The number of halogens is 3. The smallest absolute Gasteiger partial charge is 0.159 e. The molecule has 0 saturated carbocycles. The number of anilines is 1. The van der Waals surface area contributed by atoms with Crippen molar-refractivity contribution in [3.63, 3.8) is 0 Å². The molecule has 0 fully saturated rings. The van der Waals surface area contributed by atoms with Gasteiger partial charge in [-0.1, -0.05) is 28.1 Å². The lowest BCUT2D eigenvalue weighted by Gasteiger charge is -2.18. The maximum Gasteiger partial charge on any atom is 0.159 e. The number of nitrogens with one attached hydrogen (secondary N) is 1. The maximum absolute atomic E-state index is 13.2. The Morgan fingerprint density at radius 3 is 2.53 bits per heavy atom. The molecule has 0 aliphatic carbocycles. The largest absolute Gasteiger partial charge is 0.378 e. The van der Waals surface area contributed by atoms with E-state index in [4.69, 9.17) is 0 Å². The molecule has 0 saturated heterocycles. The van der Waals surface area contributed by atoms with E-state index in [0.717, 1.165) is 21.8 Å². The minimum atomic E-state index is -0.824. The molecule has 0 heterocycles. The quantitative estimate of drug-likeness (QED) is 0.816. The molecule has 1 N–H and O–H groups in total. The van der Waals surface area contributed by atoms with E-state index in [1.54, 1.807) is 6.07 Å². The van der Waals surface area contributed by atoms with Crippen LogP contribution < -0.4 is 5.32 Å². The second-order valence-corrected chi connectivity index (χ2v) is 5.31. The van der Waals surface area contributed by atoms with Crippen molar-refractivity contribution in [3.05, 3.63) is 63.6 Å². The van der Waals surface area contributed by atoms with Gasteiger partial charge in [-0.3, -0.25) is 0 Å². The van der Waals surface area contributed by atoms with Gasteiger partial charge in [0.05, 0.1) is 0 Å². The summed E-state index contributed by atoms with van der Waals surface area (Å²) in [6, 6.07) is 9.69. The van der Waals surface area contributed by atoms with Gasteiger partial charge in [0.1, 0.15) is 0 Å². The molecule has 1 atom stereocenters. The van der Waals surface area contributed by atoms with Crippen LogP contribution in [-0.4, -0.2) is 0 Å². The van der Waals surface area contributed by atoms with E-state index in [0.29, 0.717) is 5.56 Å². The molecule has 2 aromatic rings. The van der Waals surface area contributed by atoms with Gasteiger partial charge in [0.25, 0.3) is 0 Å². The summed E-state index contributed by atoms with van der Waals surface area (Å²) in [5.41, 5.74) is 2.75. The lowest BCUT2D eigenvalue weighted by molar-refractivity contribution is 0.506. The predicted octanol–water partition coefficient (Wildman–Crippen LogP) is 5.21. The van der Waals surface area contributed by atoms with Crippen LogP contribution in [-0.2, 0) is 0 Å². The van der Waals surface area contributed by atoms with E-state index in [-0.39, 0.29) is 6.04 Å². The minimum absolute atomic E-state index is 0.108. The third-order valence-corrected chi connectivity index (χ3v) is 3.94. The summed E-state index contributed by atoms with van der Waals surface area (Å²) < 4.78 is 27.1. The highest BCUT2D eigenvalue weighted by Crippen LogP contribution is 2.27. The first-order valence-electron chi connectivity index (χ1n) is 5.95. The zero-order valence-electron chi connectivity index (χ0n) is 10.7. The lowest BCUT2D eigenvalue weighted by Crippen LogP contribution is -2.08. The lowest BCUT2D eigenvalue weighted by atomic mass is 10.1. The fourth-order valence-electron chi connectivity index (χ4n) is 1.86. The van der Waals surface area contributed by atoms with Crippen LogP contribution in [0.4, 0.5) is 14.5 Å². The van der Waals surface area contributed by atoms with Crippen LogP contribution in [0.2, 0.25) is 0 Å². The maximum atomic E-state index is 13.2. The minimum Gasteiger partial charge on any atom is -0.378 e. The van der Waals surface area contributed by atoms with E-state index in [1.807, 2.05) is 32.0 Å². The Balaban J connectivity index is 2.23. The third-order valence-electron chi connectivity index (χ3n) is 3.08. The Bertz CT molecular complexity index is 599. The van der Waals surface area contributed by atoms with Gasteiger partial charge in [-0.25, -0.2) is 8.78 Å². The van der Waals surface area contributed by atoms with Gasteiger partial charge < -0.3 is 5.32 Å². The van der Waals surface area contributed by atoms with E-state index >= 15 is 0 Å². The zero-order valence-corrected chi connectivity index (χ0v) is 12.3. The summed E-state index contributed by atoms with van der Waals surface area (Å²) in [6.07, 6.45) is 0. The van der Waals surface area contributed by atoms with Crippen LogP contribution in [0.3, 0.4) is 0 Å². The number of hydrogen-bond acceptors (Lipinski definition) is 1. The molecule has 0 radical (unpaired) electrons. The van der Waals surface area contributed by atoms with Crippen molar-refractivity contribution in [3.8, 4) is 0 Å². The molecule has 100 valence electrons. The van der Waals surface area contributed by atoms with Gasteiger partial charge in [0.15, 0.2) is 11.6 Å². The Hall–Kier alpha value is -1.42. The van der Waals surface area contributed by atoms with Crippen molar-refractivity contribution >= 4 is 21.6 Å². The highest BCUT2D eigenvalue weighted by Gasteiger charge is 2.10. The fraction of sp³-hybridized carbons (Fsp3) is 0.200. The summed E-state index contributed by atoms with van der Waals surface area (Å²) in [6.45, 7) is 3.90. The molecule has 0 aliphatic heterocycles. The van der Waals surface area contributed by atoms with E-state index in [1.165, 1.54) is 6.07 Å². The van der Waals surface area contributed by atoms with Crippen molar-refractivity contribution in [2.75, 3.05) is 5.32 Å². The first kappa shape index (κ1) is 14.0. The molecular weight excluding hydrogens is 312 g/mol. The fourth-order valence-corrected chi connectivity index (χ4v) is 2.23. The first-order chi connectivity index (χ1) is 8.99. The first-order valence-corrected chi connectivity index (χ1v) is 6.75. The SMILES string of the molecule is Cc1c(Br)cccc1NC(C)c1ccc(F)c(F)c1. The van der Waals surface area contributed by atoms with Crippen molar-refractivity contribution in [1.29, 1.82) is 0 Å². The molecule has 0 aliphatic rings. The van der Waals surface area contributed by atoms with Gasteiger partial charge >= 0.3 is 0 Å². The summed E-state index contributed by atoms with van der Waals surface area (Å²) >= 11 is 3.46. The topological polar surface area (TPSA) is 12.0 Å². The summed E-state index contributed by atoms with van der Waals surface area (Å²) in [5, 5.41) is 3.29. The molecule has 4 heteroatoms. The molecule has 0 bridgehead atoms. The molecule has 1 nitrogen and oxygen atoms in total. The molecule has 19 heavy (non-hydrogen) atoms. The van der Waals surface area contributed by atoms with Crippen LogP contribution in [0.25, 0.3) is 0 Å². The van der Waals surface area contributed by atoms with Crippen LogP contribution in [0.1, 0.15) is 24.1 Å². The van der Waals surface area contributed by atoms with Crippen molar-refractivity contribution in [2.45, 2.75) is 19.9 Å². The van der Waals surface area contributed by atoms with E-state index in [2.05, 4.69) is 21.2 Å². The molecule has 0 amide bonds. The predicted molar refractivity (Wildman–Crippen MR) is 77.3 cm³/mol. The Morgan fingerprint density at radius 2 is 1.84 bits per heavy atom. The summed E-state index contributed by atoms with van der Waals surface area (Å²) in [7, 11) is 0. The van der Waals surface area contributed by atoms with Crippen LogP contribution in [0, 0.1) is 18.6 Å². The van der Waals surface area contributed by atoms with Gasteiger partial charge in [-0.2, -0.15) is 0 Å². The van der Waals surface area contributed by atoms with Crippen molar-refractivity contribution in [1.82, 2.24) is 0 Å². The van der Waals surface area contributed by atoms with E-state index < -0.39 is 11.6 Å². The Kier molecular flexibility index (Phi) is 4.20. The van der Waals surface area contributed by atoms with Crippen molar-refractivity contribution in [2.24, 2.45) is 0 Å².